The van der Waals surface area contributed by atoms with Gasteiger partial charge in [0.2, 0.25) is 29.5 Å². The number of carbonyl (C=O) groups is 6. The maximum atomic E-state index is 13.6. The van der Waals surface area contributed by atoms with Crippen molar-refractivity contribution >= 4 is 35.5 Å². The number of phenols is 1. The van der Waals surface area contributed by atoms with E-state index in [0.29, 0.717) is 31.2 Å². The lowest BCUT2D eigenvalue weighted by Crippen LogP contribution is -2.59. The van der Waals surface area contributed by atoms with Gasteiger partial charge in [-0.2, -0.15) is 0 Å². The van der Waals surface area contributed by atoms with Gasteiger partial charge in [0.05, 0.1) is 12.5 Å². The van der Waals surface area contributed by atoms with Crippen molar-refractivity contribution in [1.82, 2.24) is 20.4 Å². The smallest absolute Gasteiger partial charge is 0.326 e. The van der Waals surface area contributed by atoms with E-state index in [-0.39, 0.29) is 31.7 Å². The number of carboxylic acid groups (broad SMARTS) is 1. The first-order valence-corrected chi connectivity index (χ1v) is 14.1. The van der Waals surface area contributed by atoms with Gasteiger partial charge in [0.15, 0.2) is 0 Å². The highest BCUT2D eigenvalue weighted by atomic mass is 16.4. The number of hydrogen-bond acceptors (Lipinski definition) is 8. The van der Waals surface area contributed by atoms with Crippen molar-refractivity contribution in [3.05, 3.63) is 29.8 Å². The van der Waals surface area contributed by atoms with Crippen LogP contribution < -0.4 is 22.1 Å². The average molecular weight is 589 g/mol. The van der Waals surface area contributed by atoms with Gasteiger partial charge in [-0.25, -0.2) is 4.79 Å². The number of carbonyl (C=O) groups excluding carboxylic acids is 5. The molecule has 3 rings (SSSR count). The first-order chi connectivity index (χ1) is 19.8. The molecule has 5 atom stereocenters. The minimum absolute atomic E-state index is 0.000179. The SMILES string of the molecule is CC(C)[C@H](NC(=O)[C@H](Cc1ccc(O)cc1)NC(=O)[C@@H]1CCCN1C(=O)[C@@H](N)CC(N)=O)C(=O)N1CCC[C@H]1C(=O)O. The molecule has 1 aromatic carbocycles. The number of benzene rings is 1. The fourth-order valence-electron chi connectivity index (χ4n) is 5.40. The summed E-state index contributed by atoms with van der Waals surface area (Å²) in [6.07, 6.45) is 1.29. The number of phenolic OH excluding ortho intramolecular Hbond substituents is 1. The fraction of sp³-hybridized carbons (Fsp3) is 0.571. The zero-order valence-electron chi connectivity index (χ0n) is 23.8. The summed E-state index contributed by atoms with van der Waals surface area (Å²) in [4.78, 5) is 78.8. The van der Waals surface area contributed by atoms with E-state index in [1.165, 1.54) is 21.9 Å². The highest BCUT2D eigenvalue weighted by Crippen LogP contribution is 2.22. The topological polar surface area (TPSA) is 225 Å². The second-order valence-corrected chi connectivity index (χ2v) is 11.2. The van der Waals surface area contributed by atoms with Crippen LogP contribution in [0, 0.1) is 5.92 Å². The molecule has 14 heteroatoms. The van der Waals surface area contributed by atoms with Crippen LogP contribution >= 0.6 is 0 Å². The lowest BCUT2D eigenvalue weighted by Gasteiger charge is -2.31. The summed E-state index contributed by atoms with van der Waals surface area (Å²) in [5.41, 5.74) is 11.6. The molecule has 42 heavy (non-hydrogen) atoms. The highest BCUT2D eigenvalue weighted by Gasteiger charge is 2.41. The molecule has 0 unspecified atom stereocenters. The second kappa shape index (κ2) is 14.1. The fourth-order valence-corrected chi connectivity index (χ4v) is 5.40. The van der Waals surface area contributed by atoms with Crippen LogP contribution in [0.1, 0.15) is 51.5 Å². The van der Waals surface area contributed by atoms with Crippen molar-refractivity contribution in [3.63, 3.8) is 0 Å². The van der Waals surface area contributed by atoms with Crippen LogP contribution in [-0.4, -0.2) is 98.8 Å². The molecule has 0 bridgehead atoms. The average Bonchev–Trinajstić information content (AvgIpc) is 3.61. The quantitative estimate of drug-likeness (QED) is 0.173. The maximum absolute atomic E-state index is 13.6. The Bertz CT molecular complexity index is 1190. The van der Waals surface area contributed by atoms with E-state index in [1.54, 1.807) is 26.0 Å². The largest absolute Gasteiger partial charge is 0.508 e. The Balaban J connectivity index is 1.81. The van der Waals surface area contributed by atoms with Crippen LogP contribution in [0.15, 0.2) is 24.3 Å². The molecule has 2 heterocycles. The Labute approximate surface area is 243 Å². The van der Waals surface area contributed by atoms with Crippen LogP contribution in [0.25, 0.3) is 0 Å². The highest BCUT2D eigenvalue weighted by molar-refractivity contribution is 5.96. The number of aliphatic carboxylic acids is 1. The zero-order valence-corrected chi connectivity index (χ0v) is 23.8. The number of carboxylic acids is 1. The van der Waals surface area contributed by atoms with Crippen molar-refractivity contribution in [1.29, 1.82) is 0 Å². The minimum Gasteiger partial charge on any atom is -0.508 e. The number of nitrogens with one attached hydrogen (secondary N) is 2. The van der Waals surface area contributed by atoms with Crippen LogP contribution in [0.4, 0.5) is 0 Å². The summed E-state index contributed by atoms with van der Waals surface area (Å²) in [5, 5.41) is 24.6. The number of hydrogen-bond donors (Lipinski definition) is 6. The third-order valence-corrected chi connectivity index (χ3v) is 7.64. The van der Waals surface area contributed by atoms with Crippen molar-refractivity contribution in [2.75, 3.05) is 13.1 Å². The molecule has 230 valence electrons. The van der Waals surface area contributed by atoms with Gasteiger partial charge in [0, 0.05) is 19.5 Å². The van der Waals surface area contributed by atoms with Gasteiger partial charge in [-0.3, -0.25) is 24.0 Å². The van der Waals surface area contributed by atoms with Crippen molar-refractivity contribution in [2.45, 2.75) is 82.6 Å². The molecule has 14 nitrogen and oxygen atoms in total. The van der Waals surface area contributed by atoms with E-state index in [4.69, 9.17) is 11.5 Å². The Morgan fingerprint density at radius 2 is 1.50 bits per heavy atom. The predicted octanol–water partition coefficient (Wildman–Crippen LogP) is -1.17. The third kappa shape index (κ3) is 7.96. The van der Waals surface area contributed by atoms with E-state index < -0.39 is 71.6 Å². The van der Waals surface area contributed by atoms with Gasteiger partial charge >= 0.3 is 5.97 Å². The molecular formula is C28H40N6O8. The number of rotatable bonds is 12. The summed E-state index contributed by atoms with van der Waals surface area (Å²) in [7, 11) is 0. The maximum Gasteiger partial charge on any atom is 0.326 e. The molecule has 5 amide bonds. The van der Waals surface area contributed by atoms with Gasteiger partial charge in [0.1, 0.15) is 29.9 Å². The normalized spacial score (nSPS) is 20.6. The lowest BCUT2D eigenvalue weighted by molar-refractivity contribution is -0.150. The number of nitrogens with two attached hydrogens (primary N) is 2. The van der Waals surface area contributed by atoms with Gasteiger partial charge in [-0.15, -0.1) is 0 Å². The molecule has 8 N–H and O–H groups in total. The summed E-state index contributed by atoms with van der Waals surface area (Å²) in [5.74, 6) is -4.64. The first-order valence-electron chi connectivity index (χ1n) is 14.1. The van der Waals surface area contributed by atoms with Crippen LogP contribution in [0.5, 0.6) is 5.75 Å². The van der Waals surface area contributed by atoms with E-state index >= 15 is 0 Å². The van der Waals surface area contributed by atoms with Crippen molar-refractivity contribution in [2.24, 2.45) is 17.4 Å². The second-order valence-electron chi connectivity index (χ2n) is 11.2. The number of likely N-dealkylation sites (tertiary alicyclic amines) is 2. The minimum atomic E-state index is -1.20. The molecular weight excluding hydrogens is 548 g/mol. The number of nitrogens with zero attached hydrogens (tertiary/aromatic N) is 2. The summed E-state index contributed by atoms with van der Waals surface area (Å²) in [6.45, 7) is 3.94. The van der Waals surface area contributed by atoms with Gasteiger partial charge < -0.3 is 42.1 Å². The van der Waals surface area contributed by atoms with Gasteiger partial charge in [-0.05, 0) is 49.3 Å². The van der Waals surface area contributed by atoms with E-state index in [2.05, 4.69) is 10.6 Å². The Morgan fingerprint density at radius 1 is 0.929 bits per heavy atom. The van der Waals surface area contributed by atoms with Crippen LogP contribution in [0.3, 0.4) is 0 Å². The standard InChI is InChI=1S/C28H40N6O8/c1-15(2)23(27(40)34-12-4-6-21(34)28(41)42)32-24(37)19(13-16-7-9-17(35)10-8-16)31-25(38)20-5-3-11-33(20)26(39)18(29)14-22(30)36/h7-10,15,18-21,23,35H,3-6,11-14,29H2,1-2H3,(H2,30,36)(H,31,38)(H,32,37)(H,41,42)/t18-,19-,20-,21-,23-/m0/s1. The number of aromatic hydroxyl groups is 1. The van der Waals surface area contributed by atoms with Crippen molar-refractivity contribution in [3.8, 4) is 5.75 Å². The zero-order chi connectivity index (χ0) is 31.1. The monoisotopic (exact) mass is 588 g/mol. The van der Waals surface area contributed by atoms with E-state index in [9.17, 15) is 39.0 Å². The number of primary amides is 1. The number of amides is 5. The molecule has 2 aliphatic rings. The molecule has 2 aliphatic heterocycles. The molecule has 1 aromatic rings. The Morgan fingerprint density at radius 3 is 2.05 bits per heavy atom. The molecule has 2 fully saturated rings. The molecule has 0 saturated carbocycles. The molecule has 0 spiro atoms. The lowest BCUT2D eigenvalue weighted by atomic mass is 9.99. The van der Waals surface area contributed by atoms with Crippen LogP contribution in [0.2, 0.25) is 0 Å². The summed E-state index contributed by atoms with van der Waals surface area (Å²) >= 11 is 0. The summed E-state index contributed by atoms with van der Waals surface area (Å²) < 4.78 is 0. The summed E-state index contributed by atoms with van der Waals surface area (Å²) in [6, 6.07) is 0.697. The van der Waals surface area contributed by atoms with Crippen molar-refractivity contribution < 1.29 is 39.0 Å². The Hall–Kier alpha value is -4.20. The Kier molecular flexibility index (Phi) is 10.9. The predicted molar refractivity (Wildman–Crippen MR) is 149 cm³/mol. The van der Waals surface area contributed by atoms with Crippen LogP contribution in [-0.2, 0) is 35.2 Å². The first kappa shape index (κ1) is 32.3. The third-order valence-electron chi connectivity index (χ3n) is 7.64. The van der Waals surface area contributed by atoms with E-state index in [1.807, 2.05) is 0 Å². The molecule has 0 aromatic heterocycles. The molecule has 0 radical (unpaired) electrons. The molecule has 2 saturated heterocycles. The molecule has 0 aliphatic carbocycles. The van der Waals surface area contributed by atoms with Gasteiger partial charge in [-0.1, -0.05) is 26.0 Å². The van der Waals surface area contributed by atoms with E-state index in [0.717, 1.165) is 0 Å². The van der Waals surface area contributed by atoms with Gasteiger partial charge in [0.25, 0.3) is 0 Å².